The van der Waals surface area contributed by atoms with Crippen molar-refractivity contribution in [1.82, 2.24) is 10.6 Å². The zero-order valence-electron chi connectivity index (χ0n) is 16.2. The van der Waals surface area contributed by atoms with Gasteiger partial charge >= 0.3 is 6.03 Å². The third-order valence-corrected chi connectivity index (χ3v) is 3.54. The third-order valence-electron chi connectivity index (χ3n) is 3.54. The number of quaternary nitrogens is 1. The summed E-state index contributed by atoms with van der Waals surface area (Å²) >= 11 is 0. The zero-order valence-corrected chi connectivity index (χ0v) is 16.2. The summed E-state index contributed by atoms with van der Waals surface area (Å²) in [6, 6.07) is 3.35. The number of amides is 3. The first-order valence-corrected chi connectivity index (χ1v) is 8.20. The molecule has 3 N–H and O–H groups in total. The molecule has 1 unspecified atom stereocenters. The Morgan fingerprint density at radius 2 is 1.68 bits per heavy atom. The minimum atomic E-state index is -0.479. The fraction of sp³-hybridized carbons (Fsp3) is 0.556. The summed E-state index contributed by atoms with van der Waals surface area (Å²) < 4.78 is 10.6. The summed E-state index contributed by atoms with van der Waals surface area (Å²) in [7, 11) is 5.09. The summed E-state index contributed by atoms with van der Waals surface area (Å²) in [6.07, 6.45) is 0. The van der Waals surface area contributed by atoms with E-state index in [1.165, 1.54) is 0 Å². The van der Waals surface area contributed by atoms with Gasteiger partial charge in [0.2, 0.25) is 0 Å². The van der Waals surface area contributed by atoms with Gasteiger partial charge < -0.3 is 19.7 Å². The minimum absolute atomic E-state index is 0.186. The van der Waals surface area contributed by atoms with E-state index in [2.05, 4.69) is 10.6 Å². The number of hydrogen-bond acceptors (Lipinski definition) is 4. The molecule has 1 aromatic rings. The molecule has 0 aromatic heterocycles. The maximum atomic E-state index is 12.0. The predicted octanol–water partition coefficient (Wildman–Crippen LogP) is 0.651. The van der Waals surface area contributed by atoms with E-state index in [4.69, 9.17) is 9.47 Å². The average Bonchev–Trinajstić information content (AvgIpc) is 2.46. The van der Waals surface area contributed by atoms with Crippen LogP contribution in [0.1, 0.15) is 31.9 Å². The van der Waals surface area contributed by atoms with Crippen molar-refractivity contribution in [3.8, 4) is 11.5 Å². The molecular formula is C18H30N3O4+. The van der Waals surface area contributed by atoms with Crippen LogP contribution in [0.15, 0.2) is 12.1 Å². The predicted molar refractivity (Wildman–Crippen MR) is 96.2 cm³/mol. The van der Waals surface area contributed by atoms with Crippen LogP contribution >= 0.6 is 0 Å². The first-order valence-electron chi connectivity index (χ1n) is 8.20. The van der Waals surface area contributed by atoms with E-state index in [1.807, 2.05) is 46.9 Å². The van der Waals surface area contributed by atoms with E-state index in [-0.39, 0.29) is 18.0 Å². The molecule has 0 fully saturated rings. The van der Waals surface area contributed by atoms with Crippen molar-refractivity contribution in [2.24, 2.45) is 0 Å². The maximum absolute atomic E-state index is 12.0. The van der Waals surface area contributed by atoms with Gasteiger partial charge in [-0.2, -0.15) is 0 Å². The van der Waals surface area contributed by atoms with Crippen LogP contribution in [-0.2, 0) is 11.3 Å². The molecule has 25 heavy (non-hydrogen) atoms. The highest BCUT2D eigenvalue weighted by Gasteiger charge is 2.19. The van der Waals surface area contributed by atoms with Gasteiger partial charge in [-0.1, -0.05) is 0 Å². The van der Waals surface area contributed by atoms with Gasteiger partial charge in [0.05, 0.1) is 21.3 Å². The number of carbonyl (C=O) groups is 2. The Morgan fingerprint density at radius 3 is 2.20 bits per heavy atom. The molecule has 0 bridgehead atoms. The maximum Gasteiger partial charge on any atom is 0.322 e. The van der Waals surface area contributed by atoms with E-state index in [0.717, 1.165) is 16.0 Å². The number of rotatable bonds is 6. The van der Waals surface area contributed by atoms with Crippen molar-refractivity contribution in [3.63, 3.8) is 0 Å². The van der Waals surface area contributed by atoms with Crippen molar-refractivity contribution < 1.29 is 24.0 Å². The molecule has 7 nitrogen and oxygen atoms in total. The lowest BCUT2D eigenvalue weighted by Gasteiger charge is -2.21. The molecule has 0 aliphatic carbocycles. The number of ether oxygens (including phenoxy) is 2. The molecule has 0 heterocycles. The Morgan fingerprint density at radius 1 is 1.12 bits per heavy atom. The number of hydrogen-bond donors (Lipinski definition) is 3. The molecule has 0 aliphatic heterocycles. The standard InChI is InChI=1S/C18H29N3O4/c1-12-8-14(24-6)15(25-7)9-13(12)10-21(5)11-16(22)19-17(23)20-18(2,3)4/h8-9H,10-11H2,1-7H3,(H2,19,20,22,23)/p+1. The zero-order chi connectivity index (χ0) is 19.2. The number of benzene rings is 1. The van der Waals surface area contributed by atoms with E-state index >= 15 is 0 Å². The highest BCUT2D eigenvalue weighted by atomic mass is 16.5. The lowest BCUT2D eigenvalue weighted by Crippen LogP contribution is -3.09. The average molecular weight is 352 g/mol. The van der Waals surface area contributed by atoms with Crippen LogP contribution in [0.25, 0.3) is 0 Å². The van der Waals surface area contributed by atoms with Gasteiger partial charge in [-0.25, -0.2) is 4.79 Å². The van der Waals surface area contributed by atoms with Crippen molar-refractivity contribution in [2.45, 2.75) is 39.8 Å². The molecule has 1 atom stereocenters. The van der Waals surface area contributed by atoms with Crippen LogP contribution in [0.4, 0.5) is 4.79 Å². The van der Waals surface area contributed by atoms with Gasteiger partial charge in [0.25, 0.3) is 5.91 Å². The van der Waals surface area contributed by atoms with E-state index in [0.29, 0.717) is 18.0 Å². The number of nitrogens with one attached hydrogen (secondary N) is 3. The van der Waals surface area contributed by atoms with Crippen molar-refractivity contribution in [2.75, 3.05) is 27.8 Å². The highest BCUT2D eigenvalue weighted by Crippen LogP contribution is 2.29. The van der Waals surface area contributed by atoms with Gasteiger partial charge in [-0.3, -0.25) is 10.1 Å². The van der Waals surface area contributed by atoms with Gasteiger partial charge in [0, 0.05) is 11.1 Å². The SMILES string of the molecule is COc1cc(C)c(C[NH+](C)CC(=O)NC(=O)NC(C)(C)C)cc1OC. The number of aryl methyl sites for hydroxylation is 1. The van der Waals surface area contributed by atoms with Crippen molar-refractivity contribution in [1.29, 1.82) is 0 Å². The summed E-state index contributed by atoms with van der Waals surface area (Å²) in [5, 5.41) is 5.05. The molecular weight excluding hydrogens is 322 g/mol. The quantitative estimate of drug-likeness (QED) is 0.702. The topological polar surface area (TPSA) is 81.1 Å². The van der Waals surface area contributed by atoms with Crippen LogP contribution in [-0.4, -0.2) is 45.3 Å². The Balaban J connectivity index is 2.66. The van der Waals surface area contributed by atoms with Gasteiger partial charge in [0.15, 0.2) is 18.0 Å². The fourth-order valence-electron chi connectivity index (χ4n) is 2.42. The molecule has 0 saturated heterocycles. The summed E-state index contributed by atoms with van der Waals surface area (Å²) in [5.41, 5.74) is 1.73. The number of carbonyl (C=O) groups excluding carboxylic acids is 2. The number of likely N-dealkylation sites (N-methyl/N-ethyl adjacent to an activating group) is 1. The number of urea groups is 1. The normalized spacial score (nSPS) is 12.3. The number of methoxy groups -OCH3 is 2. The molecule has 0 radical (unpaired) electrons. The molecule has 1 aromatic carbocycles. The van der Waals surface area contributed by atoms with Crippen LogP contribution in [0, 0.1) is 6.92 Å². The second-order valence-corrected chi connectivity index (χ2v) is 7.20. The second-order valence-electron chi connectivity index (χ2n) is 7.20. The van der Waals surface area contributed by atoms with E-state index in [1.54, 1.807) is 14.2 Å². The lowest BCUT2D eigenvalue weighted by atomic mass is 10.1. The second kappa shape index (κ2) is 8.71. The molecule has 3 amide bonds. The first kappa shape index (κ1) is 20.8. The smallest absolute Gasteiger partial charge is 0.322 e. The van der Waals surface area contributed by atoms with Crippen LogP contribution in [0.5, 0.6) is 11.5 Å². The third kappa shape index (κ3) is 7.01. The molecule has 1 rings (SSSR count). The van der Waals surface area contributed by atoms with Crippen molar-refractivity contribution >= 4 is 11.9 Å². The highest BCUT2D eigenvalue weighted by molar-refractivity contribution is 5.94. The van der Waals surface area contributed by atoms with E-state index < -0.39 is 6.03 Å². The van der Waals surface area contributed by atoms with Crippen molar-refractivity contribution in [3.05, 3.63) is 23.3 Å². The van der Waals surface area contributed by atoms with Crippen LogP contribution in [0.3, 0.4) is 0 Å². The summed E-state index contributed by atoms with van der Waals surface area (Å²) in [4.78, 5) is 24.7. The first-order chi connectivity index (χ1) is 11.6. The minimum Gasteiger partial charge on any atom is -0.493 e. The largest absolute Gasteiger partial charge is 0.493 e. The van der Waals surface area contributed by atoms with E-state index in [9.17, 15) is 9.59 Å². The monoisotopic (exact) mass is 352 g/mol. The Kier molecular flexibility index (Phi) is 7.23. The molecule has 0 saturated carbocycles. The van der Waals surface area contributed by atoms with Gasteiger partial charge in [-0.05, 0) is 45.4 Å². The fourth-order valence-corrected chi connectivity index (χ4v) is 2.42. The summed E-state index contributed by atoms with van der Waals surface area (Å²) in [6.45, 7) is 8.37. The summed E-state index contributed by atoms with van der Waals surface area (Å²) in [5.74, 6) is 1.01. The molecule has 7 heteroatoms. The lowest BCUT2D eigenvalue weighted by molar-refractivity contribution is -0.885. The number of imide groups is 1. The van der Waals surface area contributed by atoms with Gasteiger partial charge in [-0.15, -0.1) is 0 Å². The molecule has 140 valence electrons. The Labute approximate surface area is 149 Å². The van der Waals surface area contributed by atoms with Crippen LogP contribution < -0.4 is 25.0 Å². The molecule has 0 spiro atoms. The van der Waals surface area contributed by atoms with Crippen LogP contribution in [0.2, 0.25) is 0 Å². The Hall–Kier alpha value is -2.28. The Bertz CT molecular complexity index is 623. The van der Waals surface area contributed by atoms with Gasteiger partial charge in [0.1, 0.15) is 6.54 Å². The molecule has 0 aliphatic rings.